The van der Waals surface area contributed by atoms with Gasteiger partial charge < -0.3 is 0 Å². The van der Waals surface area contributed by atoms with Gasteiger partial charge in [-0.3, -0.25) is 4.98 Å². The van der Waals surface area contributed by atoms with Crippen LogP contribution in [0.1, 0.15) is 12.5 Å². The molecule has 2 rings (SSSR count). The van der Waals surface area contributed by atoms with Crippen LogP contribution in [0.15, 0.2) is 47.6 Å². The summed E-state index contributed by atoms with van der Waals surface area (Å²) in [5.74, 6) is -0.325. The van der Waals surface area contributed by atoms with Gasteiger partial charge in [0, 0.05) is 18.4 Å². The van der Waals surface area contributed by atoms with Crippen LogP contribution >= 0.6 is 11.6 Å². The van der Waals surface area contributed by atoms with Crippen LogP contribution in [0.25, 0.3) is 0 Å². The second-order valence-electron chi connectivity index (χ2n) is 4.66. The van der Waals surface area contributed by atoms with E-state index in [1.807, 2.05) is 0 Å². The number of nitrogens with one attached hydrogen (secondary N) is 1. The van der Waals surface area contributed by atoms with Gasteiger partial charge in [0.1, 0.15) is 10.7 Å². The van der Waals surface area contributed by atoms with Gasteiger partial charge in [-0.05, 0) is 37.1 Å². The van der Waals surface area contributed by atoms with Crippen LogP contribution in [0.4, 0.5) is 4.39 Å². The summed E-state index contributed by atoms with van der Waals surface area (Å²) in [5, 5.41) is 0.117. The van der Waals surface area contributed by atoms with Crippen LogP contribution in [0.5, 0.6) is 0 Å². The van der Waals surface area contributed by atoms with Crippen molar-refractivity contribution in [1.29, 1.82) is 0 Å². The van der Waals surface area contributed by atoms with Crippen molar-refractivity contribution in [3.8, 4) is 0 Å². The van der Waals surface area contributed by atoms with Crippen molar-refractivity contribution >= 4 is 21.6 Å². The molecule has 0 aliphatic carbocycles. The predicted molar refractivity (Wildman–Crippen MR) is 79.1 cm³/mol. The van der Waals surface area contributed by atoms with Crippen molar-refractivity contribution in [2.24, 2.45) is 0 Å². The minimum absolute atomic E-state index is 0.0578. The summed E-state index contributed by atoms with van der Waals surface area (Å²) < 4.78 is 39.8. The Bertz CT molecular complexity index is 720. The average Bonchev–Trinajstić information content (AvgIpc) is 2.41. The Morgan fingerprint density at radius 1 is 1.29 bits per heavy atom. The molecule has 0 amide bonds. The molecule has 1 aromatic carbocycles. The zero-order valence-corrected chi connectivity index (χ0v) is 12.8. The van der Waals surface area contributed by atoms with Gasteiger partial charge in [0.25, 0.3) is 0 Å². The van der Waals surface area contributed by atoms with Gasteiger partial charge >= 0.3 is 0 Å². The fourth-order valence-corrected chi connectivity index (χ4v) is 3.58. The predicted octanol–water partition coefficient (Wildman–Crippen LogP) is 2.78. The van der Waals surface area contributed by atoms with Crippen LogP contribution in [0.2, 0.25) is 5.02 Å². The Kier molecular flexibility index (Phi) is 4.92. The highest BCUT2D eigenvalue weighted by Gasteiger charge is 2.20. The standard InChI is InChI=1S/C14H14ClFN2O2S/c1-10(8-11-2-4-12(16)5-3-11)18-21(19,20)14-9-17-7-6-13(14)15/h2-7,9-10,18H,8H2,1H3. The number of hydrogen-bond acceptors (Lipinski definition) is 3. The molecule has 0 spiro atoms. The number of nitrogens with zero attached hydrogens (tertiary/aromatic N) is 1. The Hall–Kier alpha value is -1.50. The van der Waals surface area contributed by atoms with E-state index in [-0.39, 0.29) is 21.8 Å². The van der Waals surface area contributed by atoms with Crippen molar-refractivity contribution in [3.05, 3.63) is 59.1 Å². The maximum absolute atomic E-state index is 12.8. The molecular weight excluding hydrogens is 315 g/mol. The molecule has 0 radical (unpaired) electrons. The Balaban J connectivity index is 2.10. The Morgan fingerprint density at radius 2 is 1.95 bits per heavy atom. The molecule has 1 aromatic heterocycles. The van der Waals surface area contributed by atoms with Gasteiger partial charge in [0.05, 0.1) is 5.02 Å². The van der Waals surface area contributed by atoms with E-state index in [4.69, 9.17) is 11.6 Å². The normalized spacial score (nSPS) is 13.1. The summed E-state index contributed by atoms with van der Waals surface area (Å²) in [6.07, 6.45) is 3.07. The Morgan fingerprint density at radius 3 is 2.57 bits per heavy atom. The number of benzene rings is 1. The summed E-state index contributed by atoms with van der Waals surface area (Å²) in [6, 6.07) is 6.98. The van der Waals surface area contributed by atoms with Crippen molar-refractivity contribution in [2.45, 2.75) is 24.3 Å². The lowest BCUT2D eigenvalue weighted by Gasteiger charge is -2.14. The van der Waals surface area contributed by atoms with E-state index in [0.29, 0.717) is 6.42 Å². The van der Waals surface area contributed by atoms with Crippen molar-refractivity contribution < 1.29 is 12.8 Å². The number of aromatic nitrogens is 1. The molecule has 112 valence electrons. The average molecular weight is 329 g/mol. The zero-order chi connectivity index (χ0) is 15.5. The topological polar surface area (TPSA) is 59.1 Å². The molecule has 1 unspecified atom stereocenters. The SMILES string of the molecule is CC(Cc1ccc(F)cc1)NS(=O)(=O)c1cnccc1Cl. The molecule has 2 aromatic rings. The second kappa shape index (κ2) is 6.51. The minimum atomic E-state index is -3.74. The molecule has 0 fully saturated rings. The monoisotopic (exact) mass is 328 g/mol. The van der Waals surface area contributed by atoms with Gasteiger partial charge in [-0.25, -0.2) is 17.5 Å². The largest absolute Gasteiger partial charge is 0.263 e. The number of sulfonamides is 1. The fraction of sp³-hybridized carbons (Fsp3) is 0.214. The van der Waals surface area contributed by atoms with Crippen LogP contribution in [-0.4, -0.2) is 19.4 Å². The maximum Gasteiger partial charge on any atom is 0.243 e. The number of hydrogen-bond donors (Lipinski definition) is 1. The lowest BCUT2D eigenvalue weighted by Crippen LogP contribution is -2.34. The fourth-order valence-electron chi connectivity index (χ4n) is 1.90. The first-order valence-corrected chi connectivity index (χ1v) is 8.11. The van der Waals surface area contributed by atoms with E-state index < -0.39 is 10.0 Å². The highest BCUT2D eigenvalue weighted by Crippen LogP contribution is 2.19. The molecule has 0 saturated heterocycles. The van der Waals surface area contributed by atoms with Gasteiger partial charge in [0.2, 0.25) is 10.0 Å². The number of pyridine rings is 1. The summed E-state index contributed by atoms with van der Waals surface area (Å²) in [5.41, 5.74) is 0.837. The molecule has 0 saturated carbocycles. The first-order valence-electron chi connectivity index (χ1n) is 6.25. The van der Waals surface area contributed by atoms with E-state index in [1.165, 1.54) is 30.6 Å². The molecule has 0 bridgehead atoms. The van der Waals surface area contributed by atoms with Crippen LogP contribution in [0, 0.1) is 5.82 Å². The molecule has 0 aliphatic rings. The highest BCUT2D eigenvalue weighted by atomic mass is 35.5. The van der Waals surface area contributed by atoms with Crippen LogP contribution < -0.4 is 4.72 Å². The van der Waals surface area contributed by atoms with E-state index in [0.717, 1.165) is 5.56 Å². The van der Waals surface area contributed by atoms with Gasteiger partial charge in [-0.1, -0.05) is 23.7 Å². The molecule has 21 heavy (non-hydrogen) atoms. The van der Waals surface area contributed by atoms with Gasteiger partial charge in [-0.15, -0.1) is 0 Å². The molecule has 1 N–H and O–H groups in total. The molecule has 1 atom stereocenters. The summed E-state index contributed by atoms with van der Waals surface area (Å²) in [4.78, 5) is 3.71. The zero-order valence-electron chi connectivity index (χ0n) is 11.3. The lowest BCUT2D eigenvalue weighted by molar-refractivity contribution is 0.559. The first-order chi connectivity index (χ1) is 9.88. The smallest absolute Gasteiger partial charge is 0.243 e. The quantitative estimate of drug-likeness (QED) is 0.918. The highest BCUT2D eigenvalue weighted by molar-refractivity contribution is 7.89. The maximum atomic E-state index is 12.8. The summed E-state index contributed by atoms with van der Waals surface area (Å²) in [6.45, 7) is 1.73. The van der Waals surface area contributed by atoms with Crippen molar-refractivity contribution in [1.82, 2.24) is 9.71 Å². The number of halogens is 2. The third kappa shape index (κ3) is 4.23. The molecular formula is C14H14ClFN2O2S. The number of rotatable bonds is 5. The second-order valence-corrected chi connectivity index (χ2v) is 6.75. The molecule has 0 aliphatic heterocycles. The molecule has 4 nitrogen and oxygen atoms in total. The van der Waals surface area contributed by atoms with Gasteiger partial charge in [-0.2, -0.15) is 0 Å². The minimum Gasteiger partial charge on any atom is -0.263 e. The van der Waals surface area contributed by atoms with E-state index >= 15 is 0 Å². The van der Waals surface area contributed by atoms with E-state index in [2.05, 4.69) is 9.71 Å². The van der Waals surface area contributed by atoms with Crippen molar-refractivity contribution in [2.75, 3.05) is 0 Å². The van der Waals surface area contributed by atoms with E-state index in [9.17, 15) is 12.8 Å². The summed E-state index contributed by atoms with van der Waals surface area (Å²) in [7, 11) is -3.74. The molecule has 1 heterocycles. The Labute approximate surface area is 128 Å². The molecule has 7 heteroatoms. The van der Waals surface area contributed by atoms with Crippen LogP contribution in [-0.2, 0) is 16.4 Å². The third-order valence-corrected chi connectivity index (χ3v) is 4.89. The third-order valence-electron chi connectivity index (χ3n) is 2.84. The van der Waals surface area contributed by atoms with E-state index in [1.54, 1.807) is 19.1 Å². The van der Waals surface area contributed by atoms with Gasteiger partial charge in [0.15, 0.2) is 0 Å². The lowest BCUT2D eigenvalue weighted by atomic mass is 10.1. The van der Waals surface area contributed by atoms with Crippen LogP contribution in [0.3, 0.4) is 0 Å². The summed E-state index contributed by atoms with van der Waals surface area (Å²) >= 11 is 5.87. The first kappa shape index (κ1) is 15.9. The van der Waals surface area contributed by atoms with Crippen molar-refractivity contribution in [3.63, 3.8) is 0 Å².